The molecule has 0 aromatic heterocycles. The molecule has 0 saturated heterocycles. The summed E-state index contributed by atoms with van der Waals surface area (Å²) in [4.78, 5) is 0. The van der Waals surface area contributed by atoms with Gasteiger partial charge in [-0.15, -0.1) is 0 Å². The summed E-state index contributed by atoms with van der Waals surface area (Å²) in [7, 11) is 3.37. The Balaban J connectivity index is 1.70. The Kier molecular flexibility index (Phi) is 3.88. The number of benzene rings is 1. The van der Waals surface area contributed by atoms with Crippen molar-refractivity contribution in [1.82, 2.24) is 5.32 Å². The van der Waals surface area contributed by atoms with Crippen LogP contribution in [-0.2, 0) is 0 Å². The summed E-state index contributed by atoms with van der Waals surface area (Å²) < 4.78 is 10.7. The summed E-state index contributed by atoms with van der Waals surface area (Å²) in [5.41, 5.74) is 1.27. The van der Waals surface area contributed by atoms with Gasteiger partial charge in [-0.1, -0.05) is 6.07 Å². The van der Waals surface area contributed by atoms with Gasteiger partial charge < -0.3 is 14.8 Å². The molecule has 0 amide bonds. The average Bonchev–Trinajstić information content (AvgIpc) is 3.36. The number of methoxy groups -OCH3 is 2. The van der Waals surface area contributed by atoms with E-state index in [0.29, 0.717) is 6.04 Å². The number of hydrogen-bond acceptors (Lipinski definition) is 3. The number of ether oxygens (including phenoxy) is 2. The van der Waals surface area contributed by atoms with Crippen LogP contribution in [0.25, 0.3) is 0 Å². The fourth-order valence-electron chi connectivity index (χ4n) is 3.07. The van der Waals surface area contributed by atoms with Crippen LogP contribution in [0.1, 0.15) is 44.2 Å². The third-order valence-electron chi connectivity index (χ3n) is 4.61. The Labute approximate surface area is 121 Å². The second-order valence-electron chi connectivity index (χ2n) is 6.20. The molecule has 1 atom stereocenters. The molecular formula is C17H25NO2. The molecule has 0 bridgehead atoms. The Morgan fingerprint density at radius 3 is 2.10 bits per heavy atom. The molecular weight excluding hydrogens is 250 g/mol. The second-order valence-corrected chi connectivity index (χ2v) is 6.20. The van der Waals surface area contributed by atoms with E-state index in [4.69, 9.17) is 9.47 Å². The van der Waals surface area contributed by atoms with Crippen molar-refractivity contribution in [2.24, 2.45) is 11.8 Å². The minimum absolute atomic E-state index is 0.362. The summed E-state index contributed by atoms with van der Waals surface area (Å²) in [5, 5.41) is 3.85. The Hall–Kier alpha value is -1.22. The molecule has 2 aliphatic carbocycles. The zero-order valence-electron chi connectivity index (χ0n) is 12.7. The number of rotatable bonds is 7. The van der Waals surface area contributed by atoms with E-state index in [2.05, 4.69) is 24.4 Å². The molecule has 0 radical (unpaired) electrons. The fourth-order valence-corrected chi connectivity index (χ4v) is 3.07. The van der Waals surface area contributed by atoms with Gasteiger partial charge in [0.2, 0.25) is 0 Å². The molecule has 2 aliphatic rings. The van der Waals surface area contributed by atoms with Gasteiger partial charge >= 0.3 is 0 Å². The summed E-state index contributed by atoms with van der Waals surface area (Å²) in [6.45, 7) is 2.25. The molecule has 0 heterocycles. The highest BCUT2D eigenvalue weighted by molar-refractivity contribution is 5.43. The zero-order valence-corrected chi connectivity index (χ0v) is 12.7. The van der Waals surface area contributed by atoms with Crippen molar-refractivity contribution in [2.45, 2.75) is 44.7 Å². The lowest BCUT2D eigenvalue weighted by atomic mass is 10.0. The first-order valence-electron chi connectivity index (χ1n) is 7.71. The summed E-state index contributed by atoms with van der Waals surface area (Å²) in [6.07, 6.45) is 5.64. The molecule has 1 N–H and O–H groups in total. The molecule has 110 valence electrons. The number of nitrogens with one attached hydrogen (secondary N) is 1. The maximum absolute atomic E-state index is 5.40. The van der Waals surface area contributed by atoms with E-state index in [-0.39, 0.29) is 0 Å². The lowest BCUT2D eigenvalue weighted by Gasteiger charge is -2.24. The molecule has 3 nitrogen and oxygen atoms in total. The van der Waals surface area contributed by atoms with E-state index in [9.17, 15) is 0 Å². The van der Waals surface area contributed by atoms with Gasteiger partial charge in [-0.2, -0.15) is 0 Å². The predicted molar refractivity (Wildman–Crippen MR) is 80.3 cm³/mol. The van der Waals surface area contributed by atoms with Crippen LogP contribution in [0.15, 0.2) is 18.2 Å². The van der Waals surface area contributed by atoms with Crippen molar-refractivity contribution in [2.75, 3.05) is 14.2 Å². The molecule has 1 unspecified atom stereocenters. The zero-order chi connectivity index (χ0) is 14.1. The van der Waals surface area contributed by atoms with Crippen LogP contribution in [0.3, 0.4) is 0 Å². The maximum atomic E-state index is 5.40. The van der Waals surface area contributed by atoms with Crippen LogP contribution in [0.4, 0.5) is 0 Å². The van der Waals surface area contributed by atoms with E-state index in [0.717, 1.165) is 29.4 Å². The van der Waals surface area contributed by atoms with Gasteiger partial charge in [-0.05, 0) is 62.1 Å². The van der Waals surface area contributed by atoms with Crippen molar-refractivity contribution < 1.29 is 9.47 Å². The Morgan fingerprint density at radius 2 is 1.60 bits per heavy atom. The van der Waals surface area contributed by atoms with E-state index in [1.807, 2.05) is 6.07 Å². The average molecular weight is 275 g/mol. The fraction of sp³-hybridized carbons (Fsp3) is 0.647. The summed E-state index contributed by atoms with van der Waals surface area (Å²) in [6, 6.07) is 7.30. The van der Waals surface area contributed by atoms with Gasteiger partial charge in [0.25, 0.3) is 0 Å². The van der Waals surface area contributed by atoms with E-state index < -0.39 is 0 Å². The molecule has 0 spiro atoms. The van der Waals surface area contributed by atoms with Gasteiger partial charge in [-0.3, -0.25) is 0 Å². The van der Waals surface area contributed by atoms with Gasteiger partial charge in [0, 0.05) is 12.1 Å². The van der Waals surface area contributed by atoms with Crippen molar-refractivity contribution in [3.8, 4) is 11.5 Å². The molecule has 3 rings (SSSR count). The third-order valence-corrected chi connectivity index (χ3v) is 4.61. The van der Waals surface area contributed by atoms with Gasteiger partial charge in [0.05, 0.1) is 14.2 Å². The predicted octanol–water partition coefficient (Wildman–Crippen LogP) is 3.54. The first-order valence-corrected chi connectivity index (χ1v) is 7.71. The lowest BCUT2D eigenvalue weighted by Crippen LogP contribution is -2.35. The minimum Gasteiger partial charge on any atom is -0.493 e. The van der Waals surface area contributed by atoms with Crippen LogP contribution >= 0.6 is 0 Å². The first kappa shape index (κ1) is 13.7. The van der Waals surface area contributed by atoms with Crippen molar-refractivity contribution in [3.05, 3.63) is 23.8 Å². The molecule has 20 heavy (non-hydrogen) atoms. The van der Waals surface area contributed by atoms with E-state index in [1.165, 1.54) is 31.2 Å². The maximum Gasteiger partial charge on any atom is 0.161 e. The SMILES string of the molecule is COc1ccc(C(C)NC(C2CC2)C2CC2)cc1OC. The Morgan fingerprint density at radius 1 is 1.00 bits per heavy atom. The van der Waals surface area contributed by atoms with Crippen LogP contribution in [0.2, 0.25) is 0 Å². The van der Waals surface area contributed by atoms with E-state index >= 15 is 0 Å². The standard InChI is InChI=1S/C17H25NO2/c1-11(18-17(12-4-5-12)13-6-7-13)14-8-9-15(19-2)16(10-14)20-3/h8-13,17-18H,4-7H2,1-3H3. The topological polar surface area (TPSA) is 30.5 Å². The van der Waals surface area contributed by atoms with Crippen LogP contribution in [0.5, 0.6) is 11.5 Å². The molecule has 2 fully saturated rings. The highest BCUT2D eigenvalue weighted by Gasteiger charge is 2.41. The first-order chi connectivity index (χ1) is 9.72. The van der Waals surface area contributed by atoms with Crippen molar-refractivity contribution in [3.63, 3.8) is 0 Å². The van der Waals surface area contributed by atoms with Crippen LogP contribution in [-0.4, -0.2) is 20.3 Å². The largest absolute Gasteiger partial charge is 0.493 e. The highest BCUT2D eigenvalue weighted by atomic mass is 16.5. The highest BCUT2D eigenvalue weighted by Crippen LogP contribution is 2.45. The number of hydrogen-bond donors (Lipinski definition) is 1. The lowest BCUT2D eigenvalue weighted by molar-refractivity contribution is 0.351. The van der Waals surface area contributed by atoms with Gasteiger partial charge in [0.1, 0.15) is 0 Å². The minimum atomic E-state index is 0.362. The second kappa shape index (κ2) is 5.65. The third kappa shape index (κ3) is 2.93. The molecule has 2 saturated carbocycles. The van der Waals surface area contributed by atoms with Crippen molar-refractivity contribution >= 4 is 0 Å². The van der Waals surface area contributed by atoms with Gasteiger partial charge in [0.15, 0.2) is 11.5 Å². The molecule has 1 aromatic carbocycles. The van der Waals surface area contributed by atoms with E-state index in [1.54, 1.807) is 14.2 Å². The van der Waals surface area contributed by atoms with Crippen LogP contribution < -0.4 is 14.8 Å². The van der Waals surface area contributed by atoms with Crippen LogP contribution in [0, 0.1) is 11.8 Å². The molecule has 3 heteroatoms. The van der Waals surface area contributed by atoms with Crippen molar-refractivity contribution in [1.29, 1.82) is 0 Å². The van der Waals surface area contributed by atoms with Gasteiger partial charge in [-0.25, -0.2) is 0 Å². The quantitative estimate of drug-likeness (QED) is 0.825. The normalized spacial score (nSPS) is 20.0. The summed E-state index contributed by atoms with van der Waals surface area (Å²) >= 11 is 0. The monoisotopic (exact) mass is 275 g/mol. The molecule has 1 aromatic rings. The molecule has 0 aliphatic heterocycles. The summed E-state index contributed by atoms with van der Waals surface area (Å²) in [5.74, 6) is 3.45. The Bertz CT molecular complexity index is 454. The smallest absolute Gasteiger partial charge is 0.161 e.